The number of hydrogen-bond donors (Lipinski definition) is 0. The minimum Gasteiger partial charge on any atom is -0.447 e. The highest BCUT2D eigenvalue weighted by Gasteiger charge is 2.43. The molecule has 0 bridgehead atoms. The maximum Gasteiger partial charge on any atom is 0.350 e. The fourth-order valence-corrected chi connectivity index (χ4v) is 10.2. The van der Waals surface area contributed by atoms with E-state index in [0.717, 1.165) is 0 Å². The molecule has 8 aromatic carbocycles. The lowest BCUT2D eigenvalue weighted by Crippen LogP contribution is -2.17. The maximum absolute atomic E-state index is 16.5. The lowest BCUT2D eigenvalue weighted by Gasteiger charge is -2.40. The smallest absolute Gasteiger partial charge is 0.350 e. The molecular weight excluding hydrogens is 1100 g/mol. The molecule has 0 saturated heterocycles. The van der Waals surface area contributed by atoms with Gasteiger partial charge in [0.05, 0.1) is 11.1 Å². The monoisotopic (exact) mass is 1120 g/mol. The van der Waals surface area contributed by atoms with E-state index in [-0.39, 0.29) is 20.8 Å². The van der Waals surface area contributed by atoms with Gasteiger partial charge in [0.1, 0.15) is 0 Å². The van der Waals surface area contributed by atoms with Gasteiger partial charge in [-0.3, -0.25) is 0 Å². The summed E-state index contributed by atoms with van der Waals surface area (Å²) in [5, 5.41) is 0. The molecule has 8 rings (SSSR count). The highest BCUT2D eigenvalue weighted by Crippen LogP contribution is 2.70. The predicted octanol–water partition coefficient (Wildman–Crippen LogP) is 17.2. The largest absolute Gasteiger partial charge is 0.447 e. The van der Waals surface area contributed by atoms with Gasteiger partial charge in [-0.05, 0) is 60.6 Å². The van der Waals surface area contributed by atoms with Crippen molar-refractivity contribution in [3.05, 3.63) is 218 Å². The molecular formula is C51H20F20O5S. The topological polar surface area (TPSA) is 54.0 Å². The summed E-state index contributed by atoms with van der Waals surface area (Å²) in [5.74, 6) is -79.5. The minimum atomic E-state index is -3.94. The summed E-state index contributed by atoms with van der Waals surface area (Å²) < 4.78 is 326. The average Bonchev–Trinajstić information content (AvgIpc) is 3.43. The van der Waals surface area contributed by atoms with E-state index in [4.69, 9.17) is 18.4 Å². The third kappa shape index (κ3) is 9.11. The number of hydrogen-bond acceptors (Lipinski definition) is 5. The Hall–Kier alpha value is -8.42. The standard InChI is InChI=1S/C51H20F20O5S/c1-17-8-12-20(13-9-17)77(19-6-4-3-5-7-19,21-14-10-18(2)11-15-21)76-51(72)22-16-23(73-48-40(66)34(60)31(57)35(61)41(48)67)46(74-49-42(68)36(62)32(58)37(63)43(49)69)47(75-50-44(70)38(64)33(59)39(65)45(50)71)24(22)25-26(52)28(54)30(56)29(55)27(25)53/h3-16H,1-2H3. The van der Waals surface area contributed by atoms with Gasteiger partial charge in [0, 0.05) is 26.3 Å². The zero-order chi connectivity index (χ0) is 56.4. The SMILES string of the molecule is Cc1ccc(S(OC(=O)c2cc(Oc3c(F)c(F)c(F)c(F)c3F)c(Oc3c(F)c(F)c(F)c(F)c3F)c(Oc3c(F)c(F)c(F)c(F)c3F)c2-c2c(F)c(F)c(F)c(F)c2F)(c2ccccc2)c2ccc(C)cc2)cc1. The molecule has 0 aliphatic heterocycles. The van der Waals surface area contributed by atoms with Crippen molar-refractivity contribution in [1.29, 1.82) is 0 Å². The molecule has 0 atom stereocenters. The van der Waals surface area contributed by atoms with Crippen molar-refractivity contribution < 1.29 is 111 Å². The highest BCUT2D eigenvalue weighted by atomic mass is 32.3. The van der Waals surface area contributed by atoms with E-state index >= 15 is 48.7 Å². The third-order valence-corrected chi connectivity index (χ3v) is 14.2. The van der Waals surface area contributed by atoms with Crippen molar-refractivity contribution in [3.63, 3.8) is 0 Å². The molecule has 8 aromatic rings. The van der Waals surface area contributed by atoms with Gasteiger partial charge in [-0.15, -0.1) is 0 Å². The number of carbonyl (C=O) groups excluding carboxylic acids is 1. The van der Waals surface area contributed by atoms with E-state index in [1.54, 1.807) is 13.8 Å². The molecule has 0 aromatic heterocycles. The Morgan fingerprint density at radius 3 is 0.987 bits per heavy atom. The second-order valence-corrected chi connectivity index (χ2v) is 18.5. The second-order valence-electron chi connectivity index (χ2n) is 15.8. The van der Waals surface area contributed by atoms with Gasteiger partial charge in [-0.2, -0.15) is 26.3 Å². The van der Waals surface area contributed by atoms with Crippen LogP contribution in [0.1, 0.15) is 21.5 Å². The Morgan fingerprint density at radius 1 is 0.325 bits per heavy atom. The zero-order valence-electron chi connectivity index (χ0n) is 37.6. The third-order valence-electron chi connectivity index (χ3n) is 11.0. The van der Waals surface area contributed by atoms with Crippen molar-refractivity contribution in [2.24, 2.45) is 0 Å². The molecule has 5 nitrogen and oxygen atoms in total. The molecule has 0 heterocycles. The van der Waals surface area contributed by atoms with Gasteiger partial charge < -0.3 is 18.4 Å². The summed E-state index contributed by atoms with van der Waals surface area (Å²) >= 11 is 0. The van der Waals surface area contributed by atoms with Crippen LogP contribution in [0.25, 0.3) is 11.1 Å². The average molecular weight is 1120 g/mol. The summed E-state index contributed by atoms with van der Waals surface area (Å²) in [6, 6.07) is 17.4. The molecule has 0 aliphatic carbocycles. The van der Waals surface area contributed by atoms with Gasteiger partial charge in [-0.25, -0.2) is 66.3 Å². The highest BCUT2D eigenvalue weighted by molar-refractivity contribution is 8.30. The zero-order valence-corrected chi connectivity index (χ0v) is 38.4. The number of halogens is 20. The van der Waals surface area contributed by atoms with Crippen LogP contribution in [0.5, 0.6) is 34.5 Å². The van der Waals surface area contributed by atoms with Crippen molar-refractivity contribution in [2.45, 2.75) is 28.5 Å². The van der Waals surface area contributed by atoms with E-state index < -0.39 is 184 Å². The van der Waals surface area contributed by atoms with E-state index in [1.807, 2.05) is 0 Å². The van der Waals surface area contributed by atoms with Crippen LogP contribution in [0.4, 0.5) is 87.8 Å². The van der Waals surface area contributed by atoms with E-state index in [9.17, 15) is 43.9 Å². The molecule has 0 radical (unpaired) electrons. The fourth-order valence-electron chi connectivity index (χ4n) is 7.24. The molecule has 0 amide bonds. The first-order valence-corrected chi connectivity index (χ1v) is 22.4. The number of aryl methyl sites for hydroxylation is 2. The Kier molecular flexibility index (Phi) is 14.7. The first-order valence-electron chi connectivity index (χ1n) is 20.8. The van der Waals surface area contributed by atoms with Crippen LogP contribution in [0, 0.1) is 130 Å². The lowest BCUT2D eigenvalue weighted by molar-refractivity contribution is 0.0757. The molecule has 26 heteroatoms. The quantitative estimate of drug-likeness (QED) is 0.0693. The van der Waals surface area contributed by atoms with E-state index in [1.165, 1.54) is 78.9 Å². The number of rotatable bonds is 12. The minimum absolute atomic E-state index is 0.0497. The Morgan fingerprint density at radius 2 is 0.623 bits per heavy atom. The van der Waals surface area contributed by atoms with Crippen LogP contribution in [0.15, 0.2) is 99.6 Å². The summed E-state index contributed by atoms with van der Waals surface area (Å²) in [6.45, 7) is 3.15. The van der Waals surface area contributed by atoms with Crippen LogP contribution >= 0.6 is 10.3 Å². The Balaban J connectivity index is 1.63. The Labute approximate surface area is 418 Å². The van der Waals surface area contributed by atoms with Crippen molar-refractivity contribution >= 4 is 16.3 Å². The van der Waals surface area contributed by atoms with Gasteiger partial charge in [-0.1, -0.05) is 53.6 Å². The van der Waals surface area contributed by atoms with E-state index in [2.05, 4.69) is 0 Å². The molecule has 0 unspecified atom stereocenters. The lowest BCUT2D eigenvalue weighted by atomic mass is 9.95. The van der Waals surface area contributed by atoms with Crippen LogP contribution in [-0.4, -0.2) is 5.97 Å². The van der Waals surface area contributed by atoms with Gasteiger partial charge in [0.2, 0.25) is 116 Å². The number of benzene rings is 8. The first-order chi connectivity index (χ1) is 36.3. The molecule has 77 heavy (non-hydrogen) atoms. The van der Waals surface area contributed by atoms with Crippen LogP contribution < -0.4 is 14.2 Å². The molecule has 0 fully saturated rings. The predicted molar refractivity (Wildman–Crippen MR) is 227 cm³/mol. The van der Waals surface area contributed by atoms with Crippen LogP contribution in [-0.2, 0) is 4.18 Å². The van der Waals surface area contributed by atoms with Crippen LogP contribution in [0.2, 0.25) is 0 Å². The first kappa shape index (κ1) is 54.8. The molecule has 0 N–H and O–H groups in total. The number of carbonyl (C=O) groups is 1. The van der Waals surface area contributed by atoms with Gasteiger partial charge >= 0.3 is 5.97 Å². The summed E-state index contributed by atoms with van der Waals surface area (Å²) in [6.07, 6.45) is 0. The van der Waals surface area contributed by atoms with Crippen molar-refractivity contribution in [1.82, 2.24) is 0 Å². The van der Waals surface area contributed by atoms with Gasteiger partial charge in [0.25, 0.3) is 0 Å². The second kappa shape index (κ2) is 20.6. The summed E-state index contributed by atoms with van der Waals surface area (Å²) in [4.78, 5) is 15.3. The molecule has 0 spiro atoms. The van der Waals surface area contributed by atoms with E-state index in [0.29, 0.717) is 11.1 Å². The van der Waals surface area contributed by atoms with Crippen molar-refractivity contribution in [3.8, 4) is 45.6 Å². The number of ether oxygens (including phenoxy) is 3. The van der Waals surface area contributed by atoms with Crippen molar-refractivity contribution in [2.75, 3.05) is 0 Å². The summed E-state index contributed by atoms with van der Waals surface area (Å²) in [7, 11) is -3.94. The van der Waals surface area contributed by atoms with Gasteiger partial charge in [0.15, 0.2) is 34.8 Å². The molecule has 0 saturated carbocycles. The maximum atomic E-state index is 16.5. The molecule has 0 aliphatic rings. The van der Waals surface area contributed by atoms with Crippen LogP contribution in [0.3, 0.4) is 0 Å². The summed E-state index contributed by atoms with van der Waals surface area (Å²) in [5.41, 5.74) is -6.07. The Bertz CT molecular complexity index is 3590. The molecule has 400 valence electrons. The normalized spacial score (nSPS) is 11.8. The fraction of sp³-hybridized carbons (Fsp3) is 0.0392.